The van der Waals surface area contributed by atoms with Gasteiger partial charge in [0.2, 0.25) is 5.91 Å². The van der Waals surface area contributed by atoms with Crippen LogP contribution in [0.1, 0.15) is 309 Å². The van der Waals surface area contributed by atoms with E-state index in [2.05, 4.69) is 31.3 Å². The molecule has 1 amide bonds. The third-order valence-electron chi connectivity index (χ3n) is 13.1. The van der Waals surface area contributed by atoms with Crippen LogP contribution in [-0.4, -0.2) is 46.1 Å². The molecule has 3 atom stereocenters. The van der Waals surface area contributed by atoms with Crippen molar-refractivity contribution in [3.63, 3.8) is 0 Å². The third-order valence-corrected chi connectivity index (χ3v) is 13.1. The SMILES string of the molecule is CCCCCCCCCCCCCC/C=C\CCCCCCCCCCCCCCCCCC(O)C(=O)NC(CO)C(O)CCCCCCCCCCCCCCCCC. The Labute approximate surface area is 376 Å². The Hall–Kier alpha value is -0.910. The molecule has 3 unspecified atom stereocenters. The van der Waals surface area contributed by atoms with Gasteiger partial charge in [-0.05, 0) is 38.5 Å². The van der Waals surface area contributed by atoms with E-state index in [1.165, 1.54) is 250 Å². The number of allylic oxidation sites excluding steroid dienone is 2. The third kappa shape index (κ3) is 45.1. The van der Waals surface area contributed by atoms with E-state index in [4.69, 9.17) is 0 Å². The summed E-state index contributed by atoms with van der Waals surface area (Å²) in [5.74, 6) is -0.465. The fourth-order valence-electron chi connectivity index (χ4n) is 8.84. The normalized spacial score (nSPS) is 13.3. The van der Waals surface area contributed by atoms with Gasteiger partial charge in [-0.2, -0.15) is 0 Å². The molecule has 0 aromatic carbocycles. The molecule has 0 aliphatic rings. The highest BCUT2D eigenvalue weighted by atomic mass is 16.3. The van der Waals surface area contributed by atoms with Gasteiger partial charge in [-0.15, -0.1) is 0 Å². The van der Waals surface area contributed by atoms with E-state index in [1.54, 1.807) is 0 Å². The lowest BCUT2D eigenvalue weighted by Crippen LogP contribution is -2.49. The van der Waals surface area contributed by atoms with Gasteiger partial charge in [-0.3, -0.25) is 4.79 Å². The summed E-state index contributed by atoms with van der Waals surface area (Å²) in [5.41, 5.74) is 0. The second kappa shape index (κ2) is 50.7. The van der Waals surface area contributed by atoms with Crippen LogP contribution in [0.25, 0.3) is 0 Å². The number of aliphatic hydroxyl groups excluding tert-OH is 3. The Kier molecular flexibility index (Phi) is 50.0. The zero-order chi connectivity index (χ0) is 43.7. The summed E-state index contributed by atoms with van der Waals surface area (Å²) in [6, 6.07) is -0.708. The molecule has 0 aromatic rings. The van der Waals surface area contributed by atoms with Crippen molar-refractivity contribution < 1.29 is 20.1 Å². The number of aliphatic hydroxyl groups is 3. The summed E-state index contributed by atoms with van der Waals surface area (Å²) < 4.78 is 0. The Bertz CT molecular complexity index is 848. The largest absolute Gasteiger partial charge is 0.394 e. The lowest BCUT2D eigenvalue weighted by atomic mass is 10.0. The smallest absolute Gasteiger partial charge is 0.249 e. The van der Waals surface area contributed by atoms with Crippen molar-refractivity contribution in [3.8, 4) is 0 Å². The molecular formula is C55H109NO4. The van der Waals surface area contributed by atoms with Crippen molar-refractivity contribution in [1.29, 1.82) is 0 Å². The number of carbonyl (C=O) groups excluding carboxylic acids is 1. The van der Waals surface area contributed by atoms with E-state index in [0.717, 1.165) is 32.1 Å². The van der Waals surface area contributed by atoms with Crippen molar-refractivity contribution in [1.82, 2.24) is 5.32 Å². The van der Waals surface area contributed by atoms with Crippen LogP contribution in [0.2, 0.25) is 0 Å². The van der Waals surface area contributed by atoms with Crippen molar-refractivity contribution in [2.24, 2.45) is 0 Å². The second-order valence-corrected chi connectivity index (χ2v) is 19.1. The first-order chi connectivity index (χ1) is 29.6. The van der Waals surface area contributed by atoms with Gasteiger partial charge in [-0.1, -0.05) is 283 Å². The summed E-state index contributed by atoms with van der Waals surface area (Å²) in [6.07, 6.45) is 62.6. The maximum Gasteiger partial charge on any atom is 0.249 e. The minimum atomic E-state index is -1.07. The van der Waals surface area contributed by atoms with E-state index < -0.39 is 24.2 Å². The van der Waals surface area contributed by atoms with Gasteiger partial charge in [0.05, 0.1) is 18.8 Å². The van der Waals surface area contributed by atoms with Crippen LogP contribution in [-0.2, 0) is 4.79 Å². The van der Waals surface area contributed by atoms with E-state index in [0.29, 0.717) is 12.8 Å². The number of hydrogen-bond donors (Lipinski definition) is 4. The zero-order valence-electron chi connectivity index (χ0n) is 40.9. The summed E-state index contributed by atoms with van der Waals surface area (Å²) in [7, 11) is 0. The van der Waals surface area contributed by atoms with Gasteiger partial charge in [0, 0.05) is 0 Å². The quantitative estimate of drug-likeness (QED) is 0.0363. The van der Waals surface area contributed by atoms with E-state index in [9.17, 15) is 20.1 Å². The van der Waals surface area contributed by atoms with Crippen LogP contribution >= 0.6 is 0 Å². The Morgan fingerprint density at radius 2 is 0.633 bits per heavy atom. The fraction of sp³-hybridized carbons (Fsp3) is 0.945. The molecule has 0 spiro atoms. The molecule has 5 heteroatoms. The second-order valence-electron chi connectivity index (χ2n) is 19.1. The molecule has 0 aliphatic heterocycles. The lowest BCUT2D eigenvalue weighted by molar-refractivity contribution is -0.131. The van der Waals surface area contributed by atoms with Crippen molar-refractivity contribution in [3.05, 3.63) is 12.2 Å². The van der Waals surface area contributed by atoms with Gasteiger partial charge < -0.3 is 20.6 Å². The van der Waals surface area contributed by atoms with E-state index in [1.807, 2.05) is 0 Å². The Morgan fingerprint density at radius 1 is 0.383 bits per heavy atom. The van der Waals surface area contributed by atoms with E-state index >= 15 is 0 Å². The molecule has 4 N–H and O–H groups in total. The average Bonchev–Trinajstić information content (AvgIpc) is 3.25. The van der Waals surface area contributed by atoms with Crippen LogP contribution in [0.15, 0.2) is 12.2 Å². The molecule has 5 nitrogen and oxygen atoms in total. The predicted molar refractivity (Wildman–Crippen MR) is 264 cm³/mol. The predicted octanol–water partition coefficient (Wildman–Crippen LogP) is 16.7. The molecule has 0 saturated carbocycles. The number of hydrogen-bond acceptors (Lipinski definition) is 4. The lowest BCUT2D eigenvalue weighted by Gasteiger charge is -2.23. The first-order valence-electron chi connectivity index (χ1n) is 27.5. The highest BCUT2D eigenvalue weighted by Crippen LogP contribution is 2.18. The molecule has 0 radical (unpaired) electrons. The average molecular weight is 848 g/mol. The van der Waals surface area contributed by atoms with E-state index in [-0.39, 0.29) is 6.61 Å². The van der Waals surface area contributed by atoms with Gasteiger partial charge in [-0.25, -0.2) is 0 Å². The number of nitrogens with one attached hydrogen (secondary N) is 1. The van der Waals surface area contributed by atoms with Crippen LogP contribution in [0.3, 0.4) is 0 Å². The molecule has 358 valence electrons. The molecule has 0 rings (SSSR count). The Balaban J connectivity index is 3.48. The first kappa shape index (κ1) is 59.1. The molecule has 0 fully saturated rings. The number of unbranched alkanes of at least 4 members (excludes halogenated alkanes) is 41. The summed E-state index contributed by atoms with van der Waals surface area (Å²) in [6.45, 7) is 4.26. The maximum atomic E-state index is 12.5. The topological polar surface area (TPSA) is 89.8 Å². The minimum Gasteiger partial charge on any atom is -0.394 e. The molecule has 0 aliphatic carbocycles. The van der Waals surface area contributed by atoms with Crippen LogP contribution in [0, 0.1) is 0 Å². The highest BCUT2D eigenvalue weighted by molar-refractivity contribution is 5.80. The van der Waals surface area contributed by atoms with Crippen molar-refractivity contribution in [2.75, 3.05) is 6.61 Å². The number of amides is 1. The first-order valence-corrected chi connectivity index (χ1v) is 27.5. The fourth-order valence-corrected chi connectivity index (χ4v) is 8.84. The van der Waals surface area contributed by atoms with Crippen LogP contribution in [0.5, 0.6) is 0 Å². The maximum absolute atomic E-state index is 12.5. The highest BCUT2D eigenvalue weighted by Gasteiger charge is 2.23. The molecule has 0 saturated heterocycles. The van der Waals surface area contributed by atoms with Gasteiger partial charge in [0.1, 0.15) is 6.10 Å². The summed E-state index contributed by atoms with van der Waals surface area (Å²) >= 11 is 0. The standard InChI is InChI=1S/C55H109NO4/c1-3-5-7-9-11-13-15-17-19-20-21-22-23-24-25-26-27-28-29-30-31-32-33-34-36-38-40-42-44-46-48-50-54(59)55(60)56-52(51-57)53(58)49-47-45-43-41-39-37-35-18-16-14-12-10-8-6-4-2/h24-25,52-54,57-59H,3-23,26-51H2,1-2H3,(H,56,60)/b25-24-. The van der Waals surface area contributed by atoms with Gasteiger partial charge in [0.15, 0.2) is 0 Å². The monoisotopic (exact) mass is 848 g/mol. The summed E-state index contributed by atoms with van der Waals surface area (Å²) in [5, 5.41) is 33.5. The minimum absolute atomic E-state index is 0.309. The molecular weight excluding hydrogens is 739 g/mol. The molecule has 60 heavy (non-hydrogen) atoms. The molecule has 0 bridgehead atoms. The van der Waals surface area contributed by atoms with Crippen molar-refractivity contribution in [2.45, 2.75) is 327 Å². The molecule has 0 aromatic heterocycles. The summed E-state index contributed by atoms with van der Waals surface area (Å²) in [4.78, 5) is 12.5. The van der Waals surface area contributed by atoms with Crippen molar-refractivity contribution >= 4 is 5.91 Å². The zero-order valence-corrected chi connectivity index (χ0v) is 40.9. The number of rotatable bonds is 51. The van der Waals surface area contributed by atoms with Crippen LogP contribution < -0.4 is 5.32 Å². The van der Waals surface area contributed by atoms with Gasteiger partial charge >= 0.3 is 0 Å². The van der Waals surface area contributed by atoms with Gasteiger partial charge in [0.25, 0.3) is 0 Å². The number of carbonyl (C=O) groups is 1. The van der Waals surface area contributed by atoms with Crippen LogP contribution in [0.4, 0.5) is 0 Å². The Morgan fingerprint density at radius 3 is 0.917 bits per heavy atom. The molecule has 0 heterocycles.